The Morgan fingerprint density at radius 3 is 1.90 bits per heavy atom. The smallest absolute Gasteiger partial charge is 0.408 e. The lowest BCUT2D eigenvalue weighted by Gasteiger charge is -2.54. The standard InChI is InChI=1S/C32H43N4O5/c1-20(2)31(7,26(37)33-8)34-27(38)32(18-29(3,4)36(40)30(5,6)19-32)35-28(39)41-17-25-23-15-11-9-13-21(23)22-14-10-12-16-24(22)25/h9-16,20,25H,17-19H2,1-8H3,(H,33,37)(H,34,38)(H,35,39)/t31-/m0/s1. The lowest BCUT2D eigenvalue weighted by Crippen LogP contribution is -2.74. The molecule has 3 N–H and O–H groups in total. The molecule has 0 saturated carbocycles. The Hall–Kier alpha value is -3.43. The van der Waals surface area contributed by atoms with Crippen molar-refractivity contribution in [1.82, 2.24) is 21.0 Å². The van der Waals surface area contributed by atoms with Crippen LogP contribution >= 0.6 is 0 Å². The van der Waals surface area contributed by atoms with Gasteiger partial charge in [-0.25, -0.2) is 4.79 Å². The van der Waals surface area contributed by atoms with Crippen molar-refractivity contribution in [3.63, 3.8) is 0 Å². The number of hydrogen-bond acceptors (Lipinski definition) is 5. The molecule has 2 aromatic rings. The van der Waals surface area contributed by atoms with Crippen LogP contribution in [0.2, 0.25) is 0 Å². The van der Waals surface area contributed by atoms with Gasteiger partial charge in [-0.3, -0.25) is 9.59 Å². The molecule has 41 heavy (non-hydrogen) atoms. The molecule has 9 nitrogen and oxygen atoms in total. The van der Waals surface area contributed by atoms with Crippen LogP contribution in [0.3, 0.4) is 0 Å². The van der Waals surface area contributed by atoms with Crippen LogP contribution in [0.25, 0.3) is 11.1 Å². The highest BCUT2D eigenvalue weighted by Crippen LogP contribution is 2.45. The van der Waals surface area contributed by atoms with Crippen molar-refractivity contribution in [3.8, 4) is 11.1 Å². The molecule has 3 amide bonds. The van der Waals surface area contributed by atoms with E-state index in [1.807, 2.05) is 50.2 Å². The summed E-state index contributed by atoms with van der Waals surface area (Å²) < 4.78 is 5.83. The second-order valence-electron chi connectivity index (χ2n) is 13.2. The van der Waals surface area contributed by atoms with Crippen molar-refractivity contribution in [2.75, 3.05) is 13.7 Å². The molecule has 1 aliphatic heterocycles. The summed E-state index contributed by atoms with van der Waals surface area (Å²) in [5.74, 6) is -1.28. The number of fused-ring (bicyclic) bond motifs is 3. The number of likely N-dealkylation sites (N-methyl/N-ethyl adjacent to an activating group) is 1. The van der Waals surface area contributed by atoms with Gasteiger partial charge in [0, 0.05) is 24.0 Å². The predicted octanol–water partition coefficient (Wildman–Crippen LogP) is 4.54. The number of hydroxylamine groups is 2. The van der Waals surface area contributed by atoms with Crippen LogP contribution in [0.4, 0.5) is 4.79 Å². The first-order valence-corrected chi connectivity index (χ1v) is 14.2. The van der Waals surface area contributed by atoms with E-state index >= 15 is 0 Å². The van der Waals surface area contributed by atoms with E-state index < -0.39 is 34.2 Å². The maximum absolute atomic E-state index is 14.2. The highest BCUT2D eigenvalue weighted by Gasteiger charge is 2.58. The van der Waals surface area contributed by atoms with Gasteiger partial charge in [0.2, 0.25) is 11.8 Å². The van der Waals surface area contributed by atoms with E-state index in [0.29, 0.717) is 0 Å². The van der Waals surface area contributed by atoms with Crippen LogP contribution in [0.5, 0.6) is 0 Å². The van der Waals surface area contributed by atoms with Crippen LogP contribution < -0.4 is 16.0 Å². The third-order valence-corrected chi connectivity index (χ3v) is 8.91. The zero-order valence-corrected chi connectivity index (χ0v) is 25.4. The first-order valence-electron chi connectivity index (χ1n) is 14.2. The van der Waals surface area contributed by atoms with Crippen molar-refractivity contribution in [2.45, 2.75) is 89.4 Å². The molecule has 2 aliphatic rings. The fraction of sp³-hybridized carbons (Fsp3) is 0.531. The molecule has 1 aliphatic carbocycles. The van der Waals surface area contributed by atoms with Crippen molar-refractivity contribution in [1.29, 1.82) is 0 Å². The predicted molar refractivity (Wildman–Crippen MR) is 156 cm³/mol. The maximum atomic E-state index is 14.2. The van der Waals surface area contributed by atoms with Crippen molar-refractivity contribution in [3.05, 3.63) is 59.7 Å². The molecule has 0 aromatic heterocycles. The summed E-state index contributed by atoms with van der Waals surface area (Å²) in [6.07, 6.45) is -0.686. The number of carbonyl (C=O) groups excluding carboxylic acids is 3. The highest BCUT2D eigenvalue weighted by atomic mass is 16.5. The monoisotopic (exact) mass is 563 g/mol. The zero-order valence-electron chi connectivity index (χ0n) is 25.4. The fourth-order valence-corrected chi connectivity index (χ4v) is 6.72. The van der Waals surface area contributed by atoms with Gasteiger partial charge in [0.05, 0.1) is 0 Å². The van der Waals surface area contributed by atoms with E-state index in [0.717, 1.165) is 27.3 Å². The van der Waals surface area contributed by atoms with Crippen LogP contribution in [-0.2, 0) is 19.5 Å². The van der Waals surface area contributed by atoms with E-state index in [1.54, 1.807) is 34.6 Å². The zero-order chi connectivity index (χ0) is 30.4. The number of ether oxygens (including phenoxy) is 1. The van der Waals surface area contributed by atoms with Crippen molar-refractivity contribution < 1.29 is 24.3 Å². The minimum atomic E-state index is -1.50. The molecule has 0 bridgehead atoms. The average molecular weight is 564 g/mol. The first-order chi connectivity index (χ1) is 19.1. The number of alkyl carbamates (subject to hydrolysis) is 1. The molecule has 1 radical (unpaired) electrons. The maximum Gasteiger partial charge on any atom is 0.408 e. The summed E-state index contributed by atoms with van der Waals surface area (Å²) in [6, 6.07) is 16.1. The number of nitrogens with one attached hydrogen (secondary N) is 3. The Kier molecular flexibility index (Phi) is 8.01. The van der Waals surface area contributed by atoms with Gasteiger partial charge in [0.1, 0.15) is 17.7 Å². The Morgan fingerprint density at radius 2 is 1.44 bits per heavy atom. The Bertz CT molecular complexity index is 1270. The Labute approximate surface area is 243 Å². The van der Waals surface area contributed by atoms with E-state index in [-0.39, 0.29) is 37.2 Å². The summed E-state index contributed by atoms with van der Waals surface area (Å²) in [5, 5.41) is 22.7. The van der Waals surface area contributed by atoms with E-state index in [4.69, 9.17) is 4.74 Å². The largest absolute Gasteiger partial charge is 0.449 e. The minimum Gasteiger partial charge on any atom is -0.449 e. The second kappa shape index (κ2) is 10.8. The molecular formula is C32H43N4O5. The number of benzene rings is 2. The number of nitrogens with zero attached hydrogens (tertiary/aromatic N) is 1. The quantitative estimate of drug-likeness (QED) is 0.457. The molecule has 1 fully saturated rings. The van der Waals surface area contributed by atoms with Gasteiger partial charge >= 0.3 is 6.09 Å². The molecule has 1 saturated heterocycles. The van der Waals surface area contributed by atoms with E-state index in [2.05, 4.69) is 28.1 Å². The molecule has 0 spiro atoms. The highest BCUT2D eigenvalue weighted by molar-refractivity contribution is 5.96. The average Bonchev–Trinajstić information content (AvgIpc) is 3.23. The Morgan fingerprint density at radius 1 is 0.951 bits per heavy atom. The first kappa shape index (κ1) is 30.5. The van der Waals surface area contributed by atoms with Crippen LogP contribution in [0.15, 0.2) is 48.5 Å². The topological polar surface area (TPSA) is 120 Å². The van der Waals surface area contributed by atoms with E-state index in [1.165, 1.54) is 7.05 Å². The third kappa shape index (κ3) is 5.45. The number of piperidine rings is 1. The van der Waals surface area contributed by atoms with Gasteiger partial charge in [-0.05, 0) is 75.6 Å². The molecule has 4 rings (SSSR count). The summed E-state index contributed by atoms with van der Waals surface area (Å²) in [7, 11) is 1.52. The van der Waals surface area contributed by atoms with E-state index in [9.17, 15) is 19.6 Å². The normalized spacial score (nSPS) is 20.3. The van der Waals surface area contributed by atoms with Gasteiger partial charge in [-0.15, -0.1) is 10.3 Å². The molecule has 0 unspecified atom stereocenters. The number of carbonyl (C=O) groups is 3. The summed E-state index contributed by atoms with van der Waals surface area (Å²) in [5.41, 5.74) is -0.342. The summed E-state index contributed by atoms with van der Waals surface area (Å²) in [6.45, 7) is 12.4. The van der Waals surface area contributed by atoms with Crippen LogP contribution in [0.1, 0.15) is 78.4 Å². The molecular weight excluding hydrogens is 520 g/mol. The number of hydrogen-bond donors (Lipinski definition) is 3. The van der Waals surface area contributed by atoms with Gasteiger partial charge in [-0.1, -0.05) is 62.4 Å². The fourth-order valence-electron chi connectivity index (χ4n) is 6.72. The molecule has 2 aromatic carbocycles. The van der Waals surface area contributed by atoms with Crippen molar-refractivity contribution >= 4 is 17.9 Å². The SMILES string of the molecule is CNC(=O)[C@@](C)(NC(=O)C1(NC(=O)OCC2c3ccccc3-c3ccccc32)CC(C)(C)N([O])C(C)(C)C1)C(C)C. The summed E-state index contributed by atoms with van der Waals surface area (Å²) in [4.78, 5) is 40.6. The second-order valence-corrected chi connectivity index (χ2v) is 13.2. The molecule has 9 heteroatoms. The lowest BCUT2D eigenvalue weighted by atomic mass is 9.69. The van der Waals surface area contributed by atoms with Crippen LogP contribution in [-0.4, -0.2) is 58.8 Å². The van der Waals surface area contributed by atoms with Gasteiger partial charge < -0.3 is 20.7 Å². The van der Waals surface area contributed by atoms with Gasteiger partial charge in [0.15, 0.2) is 0 Å². The minimum absolute atomic E-state index is 0.0326. The van der Waals surface area contributed by atoms with Gasteiger partial charge in [0.25, 0.3) is 0 Å². The third-order valence-electron chi connectivity index (χ3n) is 8.91. The lowest BCUT2D eigenvalue weighted by molar-refractivity contribution is -0.295. The Balaban J connectivity index is 1.63. The molecule has 221 valence electrons. The molecule has 1 heterocycles. The number of rotatable bonds is 7. The summed E-state index contributed by atoms with van der Waals surface area (Å²) >= 11 is 0. The van der Waals surface area contributed by atoms with Gasteiger partial charge in [-0.2, -0.15) is 0 Å². The number of amides is 3. The van der Waals surface area contributed by atoms with Crippen LogP contribution in [0, 0.1) is 5.92 Å². The molecule has 1 atom stereocenters. The van der Waals surface area contributed by atoms with Crippen molar-refractivity contribution in [2.24, 2.45) is 5.92 Å².